The van der Waals surface area contributed by atoms with Crippen molar-refractivity contribution in [2.45, 2.75) is 27.3 Å². The Labute approximate surface area is 175 Å². The summed E-state index contributed by atoms with van der Waals surface area (Å²) in [6.07, 6.45) is 0. The van der Waals surface area contributed by atoms with E-state index in [9.17, 15) is 4.79 Å². The zero-order valence-electron chi connectivity index (χ0n) is 17.6. The number of benzene rings is 2. The first-order valence-corrected chi connectivity index (χ1v) is 9.80. The number of nitrogens with zero attached hydrogens (tertiary/aromatic N) is 3. The number of methoxy groups -OCH3 is 1. The average Bonchev–Trinajstić information content (AvgIpc) is 3.02. The molecular weight excluding hydrogens is 376 g/mol. The van der Waals surface area contributed by atoms with Crippen molar-refractivity contribution in [3.63, 3.8) is 0 Å². The van der Waals surface area contributed by atoms with Crippen molar-refractivity contribution >= 4 is 22.8 Å². The summed E-state index contributed by atoms with van der Waals surface area (Å²) in [5.74, 6) is 1.62. The van der Waals surface area contributed by atoms with Gasteiger partial charge in [0.25, 0.3) is 0 Å². The third kappa shape index (κ3) is 3.76. The van der Waals surface area contributed by atoms with Crippen LogP contribution in [0.4, 0.5) is 5.69 Å². The number of fused-ring (bicyclic) bond motifs is 1. The molecular formula is C24H24N4O2. The summed E-state index contributed by atoms with van der Waals surface area (Å²) in [5.41, 5.74) is 6.38. The van der Waals surface area contributed by atoms with Crippen molar-refractivity contribution in [2.75, 3.05) is 12.4 Å². The van der Waals surface area contributed by atoms with Crippen LogP contribution in [-0.2, 0) is 11.3 Å². The molecule has 6 heteroatoms. The first kappa shape index (κ1) is 19.6. The van der Waals surface area contributed by atoms with Gasteiger partial charge in [0.2, 0.25) is 5.91 Å². The molecule has 2 heterocycles. The van der Waals surface area contributed by atoms with Crippen molar-refractivity contribution in [2.24, 2.45) is 0 Å². The molecule has 0 radical (unpaired) electrons. The lowest BCUT2D eigenvalue weighted by Crippen LogP contribution is -2.09. The number of rotatable bonds is 5. The van der Waals surface area contributed by atoms with Crippen molar-refractivity contribution in [3.8, 4) is 16.9 Å². The Bertz CT molecular complexity index is 1230. The normalized spacial score (nSPS) is 10.9. The van der Waals surface area contributed by atoms with Gasteiger partial charge in [-0.1, -0.05) is 42.5 Å². The Morgan fingerprint density at radius 3 is 2.50 bits per heavy atom. The summed E-state index contributed by atoms with van der Waals surface area (Å²) in [4.78, 5) is 20.8. The minimum Gasteiger partial charge on any atom is -0.496 e. The van der Waals surface area contributed by atoms with Gasteiger partial charge in [-0.05, 0) is 37.1 Å². The number of hydrogen-bond donors (Lipinski definition) is 1. The Hall–Kier alpha value is -3.67. The van der Waals surface area contributed by atoms with E-state index in [4.69, 9.17) is 9.72 Å². The van der Waals surface area contributed by atoms with Gasteiger partial charge in [-0.25, -0.2) is 9.97 Å². The monoisotopic (exact) mass is 400 g/mol. The Balaban J connectivity index is 1.65. The molecule has 30 heavy (non-hydrogen) atoms. The van der Waals surface area contributed by atoms with Crippen LogP contribution < -0.4 is 10.1 Å². The number of para-hydroxylation sites is 1. The maximum atomic E-state index is 11.4. The molecule has 0 saturated carbocycles. The van der Waals surface area contributed by atoms with Crippen LogP contribution in [0.1, 0.15) is 24.0 Å². The zero-order chi connectivity index (χ0) is 21.3. The smallest absolute Gasteiger partial charge is 0.221 e. The number of anilines is 1. The summed E-state index contributed by atoms with van der Waals surface area (Å²) in [5, 5.41) is 2.81. The largest absolute Gasteiger partial charge is 0.496 e. The van der Waals surface area contributed by atoms with E-state index in [1.54, 1.807) is 7.11 Å². The molecule has 1 amide bonds. The lowest BCUT2D eigenvalue weighted by atomic mass is 10.0. The minimum atomic E-state index is -0.120. The van der Waals surface area contributed by atoms with Gasteiger partial charge in [-0.2, -0.15) is 0 Å². The molecule has 0 aliphatic heterocycles. The average molecular weight is 400 g/mol. The van der Waals surface area contributed by atoms with Gasteiger partial charge in [0, 0.05) is 12.5 Å². The van der Waals surface area contributed by atoms with Gasteiger partial charge in [0.05, 0.1) is 25.0 Å². The lowest BCUT2D eigenvalue weighted by Gasteiger charge is -2.11. The van der Waals surface area contributed by atoms with E-state index in [0.717, 1.165) is 45.1 Å². The second kappa shape index (κ2) is 7.99. The van der Waals surface area contributed by atoms with Crippen molar-refractivity contribution < 1.29 is 9.53 Å². The van der Waals surface area contributed by atoms with E-state index < -0.39 is 0 Å². The summed E-state index contributed by atoms with van der Waals surface area (Å²) in [6, 6.07) is 18.3. The number of aromatic nitrogens is 3. The van der Waals surface area contributed by atoms with E-state index in [0.29, 0.717) is 12.2 Å². The molecule has 0 saturated heterocycles. The molecule has 0 unspecified atom stereocenters. The van der Waals surface area contributed by atoms with Crippen LogP contribution in [-0.4, -0.2) is 27.6 Å². The molecule has 2 aromatic carbocycles. The first-order valence-electron chi connectivity index (χ1n) is 9.80. The summed E-state index contributed by atoms with van der Waals surface area (Å²) in [6.45, 7) is 6.01. The highest BCUT2D eigenvalue weighted by atomic mass is 16.5. The molecule has 4 rings (SSSR count). The van der Waals surface area contributed by atoms with E-state index in [2.05, 4.69) is 45.2 Å². The number of ether oxygens (including phenoxy) is 1. The van der Waals surface area contributed by atoms with E-state index in [1.165, 1.54) is 6.92 Å². The lowest BCUT2D eigenvalue weighted by molar-refractivity contribution is -0.114. The summed E-state index contributed by atoms with van der Waals surface area (Å²) >= 11 is 0. The maximum Gasteiger partial charge on any atom is 0.221 e. The fourth-order valence-corrected chi connectivity index (χ4v) is 3.61. The van der Waals surface area contributed by atoms with Gasteiger partial charge in [0.15, 0.2) is 5.65 Å². The summed E-state index contributed by atoms with van der Waals surface area (Å²) in [7, 11) is 1.69. The van der Waals surface area contributed by atoms with Crippen LogP contribution in [0.2, 0.25) is 0 Å². The molecule has 0 spiro atoms. The minimum absolute atomic E-state index is 0.120. The van der Waals surface area contributed by atoms with E-state index in [-0.39, 0.29) is 5.91 Å². The SMILES string of the molecule is COc1ccccc1-c1ccc(Cn2c(C)nc3cc(NC(C)=O)c(C)nc32)cc1. The van der Waals surface area contributed by atoms with Gasteiger partial charge in [-0.3, -0.25) is 4.79 Å². The second-order valence-corrected chi connectivity index (χ2v) is 7.29. The molecule has 0 fully saturated rings. The molecule has 0 bridgehead atoms. The maximum absolute atomic E-state index is 11.4. The first-order chi connectivity index (χ1) is 14.5. The molecule has 6 nitrogen and oxygen atoms in total. The van der Waals surface area contributed by atoms with Crippen molar-refractivity contribution in [3.05, 3.63) is 71.7 Å². The Morgan fingerprint density at radius 1 is 1.07 bits per heavy atom. The van der Waals surface area contributed by atoms with Crippen molar-refractivity contribution in [1.29, 1.82) is 0 Å². The second-order valence-electron chi connectivity index (χ2n) is 7.29. The van der Waals surface area contributed by atoms with E-state index >= 15 is 0 Å². The third-order valence-corrected chi connectivity index (χ3v) is 5.13. The predicted molar refractivity (Wildman–Crippen MR) is 119 cm³/mol. The van der Waals surface area contributed by atoms with E-state index in [1.807, 2.05) is 38.1 Å². The molecule has 152 valence electrons. The van der Waals surface area contributed by atoms with Crippen LogP contribution in [0.25, 0.3) is 22.3 Å². The number of carbonyl (C=O) groups excluding carboxylic acids is 1. The molecule has 1 N–H and O–H groups in total. The number of imidazole rings is 1. The standard InChI is InChI=1S/C24H24N4O2/c1-15-21(27-17(3)29)13-22-24(25-15)28(16(2)26-22)14-18-9-11-19(12-10-18)20-7-5-6-8-23(20)30-4/h5-13H,14H2,1-4H3,(H,27,29). The number of hydrogen-bond acceptors (Lipinski definition) is 4. The molecule has 0 atom stereocenters. The quantitative estimate of drug-likeness (QED) is 0.526. The summed E-state index contributed by atoms with van der Waals surface area (Å²) < 4.78 is 7.57. The third-order valence-electron chi connectivity index (χ3n) is 5.13. The number of amides is 1. The molecule has 0 aliphatic rings. The number of nitrogens with one attached hydrogen (secondary N) is 1. The van der Waals surface area contributed by atoms with Gasteiger partial charge >= 0.3 is 0 Å². The number of pyridine rings is 1. The number of carbonyl (C=O) groups is 1. The highest BCUT2D eigenvalue weighted by Crippen LogP contribution is 2.30. The molecule has 4 aromatic rings. The number of aryl methyl sites for hydroxylation is 2. The van der Waals surface area contributed by atoms with Gasteiger partial charge in [-0.15, -0.1) is 0 Å². The van der Waals surface area contributed by atoms with Crippen molar-refractivity contribution in [1.82, 2.24) is 14.5 Å². The highest BCUT2D eigenvalue weighted by Gasteiger charge is 2.13. The topological polar surface area (TPSA) is 69.0 Å². The Kier molecular flexibility index (Phi) is 5.23. The zero-order valence-corrected chi connectivity index (χ0v) is 17.6. The van der Waals surface area contributed by atoms with Crippen LogP contribution in [0.15, 0.2) is 54.6 Å². The predicted octanol–water partition coefficient (Wildman–Crippen LogP) is 4.73. The van der Waals surface area contributed by atoms with Crippen LogP contribution in [0, 0.1) is 13.8 Å². The fourth-order valence-electron chi connectivity index (χ4n) is 3.61. The highest BCUT2D eigenvalue weighted by molar-refractivity contribution is 5.91. The van der Waals surface area contributed by atoms with Crippen LogP contribution >= 0.6 is 0 Å². The van der Waals surface area contributed by atoms with Crippen LogP contribution in [0.3, 0.4) is 0 Å². The molecule has 0 aliphatic carbocycles. The Morgan fingerprint density at radius 2 is 1.80 bits per heavy atom. The fraction of sp³-hybridized carbons (Fsp3) is 0.208. The van der Waals surface area contributed by atoms with Crippen LogP contribution in [0.5, 0.6) is 5.75 Å². The molecule has 2 aromatic heterocycles. The van der Waals surface area contributed by atoms with Gasteiger partial charge in [0.1, 0.15) is 17.1 Å². The van der Waals surface area contributed by atoms with Gasteiger partial charge < -0.3 is 14.6 Å².